The Labute approximate surface area is 72.6 Å². The van der Waals surface area contributed by atoms with Gasteiger partial charge in [-0.1, -0.05) is 0 Å². The SMILES string of the molecule is O=C(NOC(F)(F)F)N1CCCC1. The Balaban J connectivity index is 2.25. The molecule has 0 aromatic carbocycles. The lowest BCUT2D eigenvalue weighted by Gasteiger charge is -2.16. The van der Waals surface area contributed by atoms with Gasteiger partial charge in [0.15, 0.2) is 0 Å². The average molecular weight is 198 g/mol. The molecule has 4 nitrogen and oxygen atoms in total. The Morgan fingerprint density at radius 3 is 2.31 bits per heavy atom. The van der Waals surface area contributed by atoms with Crippen molar-refractivity contribution in [2.24, 2.45) is 0 Å². The summed E-state index contributed by atoms with van der Waals surface area (Å²) in [6.07, 6.45) is -3.19. The normalized spacial score (nSPS) is 17.6. The van der Waals surface area contributed by atoms with Crippen LogP contribution in [0, 0.1) is 0 Å². The molecule has 1 fully saturated rings. The fourth-order valence-corrected chi connectivity index (χ4v) is 1.09. The monoisotopic (exact) mass is 198 g/mol. The number of urea groups is 1. The van der Waals surface area contributed by atoms with Crippen molar-refractivity contribution >= 4 is 6.03 Å². The number of carbonyl (C=O) groups excluding carboxylic acids is 1. The number of hydrogen-bond acceptors (Lipinski definition) is 2. The Bertz CT molecular complexity index is 189. The molecule has 0 saturated carbocycles. The first-order chi connectivity index (χ1) is 5.99. The molecule has 7 heteroatoms. The quantitative estimate of drug-likeness (QED) is 0.644. The van der Waals surface area contributed by atoms with Gasteiger partial charge in [0, 0.05) is 13.1 Å². The van der Waals surface area contributed by atoms with Gasteiger partial charge in [-0.3, -0.25) is 0 Å². The lowest BCUT2D eigenvalue weighted by Crippen LogP contribution is -2.40. The van der Waals surface area contributed by atoms with Crippen molar-refractivity contribution in [3.05, 3.63) is 0 Å². The molecule has 1 rings (SSSR count). The zero-order valence-corrected chi connectivity index (χ0v) is 6.73. The van der Waals surface area contributed by atoms with Crippen LogP contribution in [0.1, 0.15) is 12.8 Å². The molecule has 0 aromatic heterocycles. The van der Waals surface area contributed by atoms with Crippen LogP contribution in [0.5, 0.6) is 0 Å². The van der Waals surface area contributed by atoms with Crippen molar-refractivity contribution in [3.8, 4) is 0 Å². The van der Waals surface area contributed by atoms with E-state index in [1.165, 1.54) is 10.4 Å². The van der Waals surface area contributed by atoms with Crippen molar-refractivity contribution in [3.63, 3.8) is 0 Å². The van der Waals surface area contributed by atoms with Crippen LogP contribution in [-0.2, 0) is 4.84 Å². The lowest BCUT2D eigenvalue weighted by molar-refractivity contribution is -0.343. The van der Waals surface area contributed by atoms with Crippen molar-refractivity contribution in [2.75, 3.05) is 13.1 Å². The van der Waals surface area contributed by atoms with Gasteiger partial charge in [-0.25, -0.2) is 10.3 Å². The van der Waals surface area contributed by atoms with E-state index in [2.05, 4.69) is 4.84 Å². The second kappa shape index (κ2) is 3.82. The number of nitrogens with zero attached hydrogens (tertiary/aromatic N) is 1. The molecule has 0 bridgehead atoms. The van der Waals surface area contributed by atoms with Crippen LogP contribution in [0.3, 0.4) is 0 Å². The van der Waals surface area contributed by atoms with Gasteiger partial charge in [0.2, 0.25) is 0 Å². The molecular formula is C6H9F3N2O2. The molecule has 0 radical (unpaired) electrons. The van der Waals surface area contributed by atoms with E-state index >= 15 is 0 Å². The third kappa shape index (κ3) is 3.49. The Morgan fingerprint density at radius 1 is 1.31 bits per heavy atom. The van der Waals surface area contributed by atoms with E-state index in [4.69, 9.17) is 0 Å². The largest absolute Gasteiger partial charge is 0.543 e. The topological polar surface area (TPSA) is 41.6 Å². The standard InChI is InChI=1S/C6H9F3N2O2/c7-6(8,9)13-10-5(12)11-3-1-2-4-11/h1-4H2,(H,10,12). The number of nitrogens with one attached hydrogen (secondary N) is 1. The van der Waals surface area contributed by atoms with Gasteiger partial charge in [0.05, 0.1) is 0 Å². The Morgan fingerprint density at radius 2 is 1.85 bits per heavy atom. The summed E-state index contributed by atoms with van der Waals surface area (Å²) >= 11 is 0. The minimum absolute atomic E-state index is 0.479. The summed E-state index contributed by atoms with van der Waals surface area (Å²) in [5, 5.41) is 0. The zero-order chi connectivity index (χ0) is 9.90. The van der Waals surface area contributed by atoms with Crippen LogP contribution >= 0.6 is 0 Å². The van der Waals surface area contributed by atoms with Crippen LogP contribution in [-0.4, -0.2) is 30.4 Å². The summed E-state index contributed by atoms with van der Waals surface area (Å²) < 4.78 is 34.3. The van der Waals surface area contributed by atoms with E-state index in [1.54, 1.807) is 0 Å². The second-order valence-corrected chi connectivity index (χ2v) is 2.65. The van der Waals surface area contributed by atoms with Gasteiger partial charge in [-0.2, -0.15) is 4.84 Å². The summed E-state index contributed by atoms with van der Waals surface area (Å²) in [7, 11) is 0. The second-order valence-electron chi connectivity index (χ2n) is 2.65. The molecule has 76 valence electrons. The molecule has 0 atom stereocenters. The van der Waals surface area contributed by atoms with Crippen LogP contribution in [0.2, 0.25) is 0 Å². The zero-order valence-electron chi connectivity index (χ0n) is 6.73. The van der Waals surface area contributed by atoms with E-state index in [9.17, 15) is 18.0 Å². The molecule has 0 aromatic rings. The minimum Gasteiger partial charge on any atom is -0.323 e. The highest BCUT2D eigenvalue weighted by atomic mass is 19.4. The number of alkyl halides is 3. The highest BCUT2D eigenvalue weighted by molar-refractivity contribution is 5.73. The highest BCUT2D eigenvalue weighted by Gasteiger charge is 2.32. The summed E-state index contributed by atoms with van der Waals surface area (Å²) in [5.41, 5.74) is 1.33. The summed E-state index contributed by atoms with van der Waals surface area (Å²) in [6.45, 7) is 0.958. The number of halogens is 3. The van der Waals surface area contributed by atoms with Crippen LogP contribution in [0.15, 0.2) is 0 Å². The first kappa shape index (κ1) is 10.1. The molecule has 0 aliphatic carbocycles. The van der Waals surface area contributed by atoms with Gasteiger partial charge in [0.25, 0.3) is 0 Å². The summed E-state index contributed by atoms with van der Waals surface area (Å²) in [5.74, 6) is 0. The minimum atomic E-state index is -4.82. The Hall–Kier alpha value is -0.980. The molecule has 1 aliphatic heterocycles. The number of hydrogen-bond donors (Lipinski definition) is 1. The smallest absolute Gasteiger partial charge is 0.323 e. The lowest BCUT2D eigenvalue weighted by atomic mass is 10.4. The van der Waals surface area contributed by atoms with Gasteiger partial charge in [-0.15, -0.1) is 13.2 Å². The maximum absolute atomic E-state index is 11.4. The number of hydroxylamine groups is 1. The van der Waals surface area contributed by atoms with Crippen molar-refractivity contribution < 1.29 is 22.8 Å². The maximum Gasteiger partial charge on any atom is 0.543 e. The first-order valence-corrected chi connectivity index (χ1v) is 3.79. The fraction of sp³-hybridized carbons (Fsp3) is 0.833. The number of amides is 2. The summed E-state index contributed by atoms with van der Waals surface area (Å²) in [6, 6.07) is -0.838. The molecule has 13 heavy (non-hydrogen) atoms. The van der Waals surface area contributed by atoms with Crippen LogP contribution in [0.25, 0.3) is 0 Å². The number of likely N-dealkylation sites (tertiary alicyclic amines) is 1. The predicted octanol–water partition coefficient (Wildman–Crippen LogP) is 1.24. The molecule has 0 unspecified atom stereocenters. The maximum atomic E-state index is 11.4. The summed E-state index contributed by atoms with van der Waals surface area (Å²) in [4.78, 5) is 15.3. The molecule has 1 heterocycles. The van der Waals surface area contributed by atoms with Gasteiger partial charge >= 0.3 is 12.4 Å². The molecule has 2 amide bonds. The van der Waals surface area contributed by atoms with Crippen molar-refractivity contribution in [2.45, 2.75) is 19.2 Å². The van der Waals surface area contributed by atoms with Gasteiger partial charge < -0.3 is 4.90 Å². The molecule has 1 saturated heterocycles. The van der Waals surface area contributed by atoms with Crippen molar-refractivity contribution in [1.29, 1.82) is 0 Å². The van der Waals surface area contributed by atoms with E-state index < -0.39 is 12.4 Å². The highest BCUT2D eigenvalue weighted by Crippen LogP contribution is 2.14. The Kier molecular flexibility index (Phi) is 2.97. The molecule has 1 aliphatic rings. The number of rotatable bonds is 1. The number of carbonyl (C=O) groups is 1. The van der Waals surface area contributed by atoms with Crippen LogP contribution < -0.4 is 5.48 Å². The molecule has 0 spiro atoms. The third-order valence-electron chi connectivity index (χ3n) is 1.65. The van der Waals surface area contributed by atoms with Crippen LogP contribution in [0.4, 0.5) is 18.0 Å². The van der Waals surface area contributed by atoms with E-state index in [0.29, 0.717) is 13.1 Å². The fourth-order valence-electron chi connectivity index (χ4n) is 1.09. The predicted molar refractivity (Wildman–Crippen MR) is 36.5 cm³/mol. The molecule has 1 N–H and O–H groups in total. The van der Waals surface area contributed by atoms with E-state index in [0.717, 1.165) is 12.8 Å². The third-order valence-corrected chi connectivity index (χ3v) is 1.65. The first-order valence-electron chi connectivity index (χ1n) is 3.79. The van der Waals surface area contributed by atoms with Gasteiger partial charge in [0.1, 0.15) is 0 Å². The van der Waals surface area contributed by atoms with E-state index in [1.807, 2.05) is 0 Å². The van der Waals surface area contributed by atoms with Crippen molar-refractivity contribution in [1.82, 2.24) is 10.4 Å². The van der Waals surface area contributed by atoms with Gasteiger partial charge in [-0.05, 0) is 12.8 Å². The molecular weight excluding hydrogens is 189 g/mol. The average Bonchev–Trinajstić information content (AvgIpc) is 2.50. The van der Waals surface area contributed by atoms with E-state index in [-0.39, 0.29) is 0 Å².